The van der Waals surface area contributed by atoms with Gasteiger partial charge in [-0.2, -0.15) is 0 Å². The highest BCUT2D eigenvalue weighted by Crippen LogP contribution is 2.41. The van der Waals surface area contributed by atoms with Crippen LogP contribution in [0.1, 0.15) is 16.7 Å². The second-order valence-corrected chi connectivity index (χ2v) is 20.7. The van der Waals surface area contributed by atoms with Crippen molar-refractivity contribution in [2.45, 2.75) is 20.8 Å². The first-order valence-electron chi connectivity index (χ1n) is 26.8. The average molecular weight is 998 g/mol. The zero-order valence-corrected chi connectivity index (χ0v) is 43.5. The second kappa shape index (κ2) is 18.0. The SMILES string of the molecule is Cc1cc(-c2ccc(-n3c4ccc(-n5c6ccccc6c6ccccc65)cc4c4cc(-n5c6ccccc6c6ccccc65)ccc43)cc2)ccc1-c1ccc(-c2cc(-c3ccccc3C)nc(-c3ccccc3C)n2)cc1. The third-order valence-corrected chi connectivity index (χ3v) is 16.1. The molecule has 5 nitrogen and oxygen atoms in total. The molecule has 15 aromatic rings. The van der Waals surface area contributed by atoms with Crippen molar-refractivity contribution in [2.75, 3.05) is 0 Å². The molecule has 0 unspecified atom stereocenters. The molecule has 0 fully saturated rings. The lowest BCUT2D eigenvalue weighted by Gasteiger charge is -2.13. The first kappa shape index (κ1) is 45.3. The first-order valence-corrected chi connectivity index (χ1v) is 26.8. The molecule has 0 aliphatic heterocycles. The number of fused-ring (bicyclic) bond motifs is 9. The summed E-state index contributed by atoms with van der Waals surface area (Å²) in [5.74, 6) is 0.734. The minimum Gasteiger partial charge on any atom is -0.309 e. The molecule has 0 N–H and O–H groups in total. The van der Waals surface area contributed by atoms with Gasteiger partial charge in [0.15, 0.2) is 5.82 Å². The van der Waals surface area contributed by atoms with Gasteiger partial charge in [0.25, 0.3) is 0 Å². The van der Waals surface area contributed by atoms with Gasteiger partial charge in [0.2, 0.25) is 0 Å². The molecule has 0 aliphatic rings. The fourth-order valence-corrected chi connectivity index (χ4v) is 12.3. The molecule has 0 radical (unpaired) electrons. The summed E-state index contributed by atoms with van der Waals surface area (Å²) >= 11 is 0. The van der Waals surface area contributed by atoms with Crippen LogP contribution in [0.5, 0.6) is 0 Å². The third-order valence-electron chi connectivity index (χ3n) is 16.1. The molecule has 0 amide bonds. The van der Waals surface area contributed by atoms with Crippen LogP contribution in [-0.4, -0.2) is 23.7 Å². The van der Waals surface area contributed by atoms with Crippen molar-refractivity contribution < 1.29 is 0 Å². The normalized spacial score (nSPS) is 11.8. The van der Waals surface area contributed by atoms with Gasteiger partial charge in [-0.1, -0.05) is 176 Å². The van der Waals surface area contributed by atoms with E-state index in [4.69, 9.17) is 9.97 Å². The summed E-state index contributed by atoms with van der Waals surface area (Å²) in [6, 6.07) is 92.7. The Kier molecular flexibility index (Phi) is 10.5. The standard InChI is InChI=1S/C73H51N5/c1-46-16-4-6-18-57(46)66-45-65(74-73(75-66)58-19-7-5-17-47(58)2)51-30-28-50(29-31-51)56-39-34-52(42-48(56)3)49-32-35-53(36-33-49)76-71-40-37-54(77-67-24-12-8-20-59(67)60-21-9-13-25-68(60)77)43-63(71)64-44-55(38-41-72(64)76)78-69-26-14-10-22-61(69)62-23-11-15-27-70(62)78/h4-45H,1-3H3. The Hall–Kier alpha value is -10.1. The van der Waals surface area contributed by atoms with Crippen molar-refractivity contribution >= 4 is 65.4 Å². The van der Waals surface area contributed by atoms with Crippen LogP contribution in [0.25, 0.3) is 139 Å². The molecular formula is C73H51N5. The molecule has 0 bridgehead atoms. The lowest BCUT2D eigenvalue weighted by molar-refractivity contribution is 1.16. The summed E-state index contributed by atoms with van der Waals surface area (Å²) in [7, 11) is 0. The largest absolute Gasteiger partial charge is 0.309 e. The van der Waals surface area contributed by atoms with Gasteiger partial charge in [0, 0.05) is 66.1 Å². The van der Waals surface area contributed by atoms with E-state index in [1.165, 1.54) is 87.8 Å². The molecule has 4 aromatic heterocycles. The Bertz CT molecular complexity index is 4530. The monoisotopic (exact) mass is 997 g/mol. The predicted molar refractivity (Wildman–Crippen MR) is 326 cm³/mol. The van der Waals surface area contributed by atoms with Gasteiger partial charge in [0.05, 0.1) is 44.5 Å². The number of para-hydroxylation sites is 4. The van der Waals surface area contributed by atoms with Crippen LogP contribution in [0, 0.1) is 20.8 Å². The number of benzene rings is 11. The van der Waals surface area contributed by atoms with Gasteiger partial charge in [-0.15, -0.1) is 0 Å². The zero-order valence-electron chi connectivity index (χ0n) is 43.5. The molecule has 15 rings (SSSR count). The van der Waals surface area contributed by atoms with E-state index in [9.17, 15) is 0 Å². The lowest BCUT2D eigenvalue weighted by atomic mass is 9.94. The summed E-state index contributed by atoms with van der Waals surface area (Å²) in [6.45, 7) is 6.48. The summed E-state index contributed by atoms with van der Waals surface area (Å²) in [5.41, 5.74) is 23.8. The highest BCUT2D eigenvalue weighted by Gasteiger charge is 2.20. The molecule has 0 atom stereocenters. The third kappa shape index (κ3) is 7.31. The molecule has 0 saturated carbocycles. The maximum atomic E-state index is 5.15. The Labute approximate surface area is 452 Å². The second-order valence-electron chi connectivity index (χ2n) is 20.7. The number of aromatic nitrogens is 5. The quantitative estimate of drug-likeness (QED) is 0.152. The van der Waals surface area contributed by atoms with Crippen LogP contribution in [0.3, 0.4) is 0 Å². The topological polar surface area (TPSA) is 40.6 Å². The van der Waals surface area contributed by atoms with Crippen LogP contribution in [0.4, 0.5) is 0 Å². The van der Waals surface area contributed by atoms with Crippen LogP contribution < -0.4 is 0 Å². The Morgan fingerprint density at radius 3 is 1.15 bits per heavy atom. The predicted octanol–water partition coefficient (Wildman–Crippen LogP) is 19.0. The summed E-state index contributed by atoms with van der Waals surface area (Å²) < 4.78 is 7.28. The minimum atomic E-state index is 0.734. The molecule has 78 heavy (non-hydrogen) atoms. The maximum absolute atomic E-state index is 5.15. The van der Waals surface area contributed by atoms with Crippen LogP contribution in [0.15, 0.2) is 255 Å². The average Bonchev–Trinajstić information content (AvgIpc) is 4.34. The van der Waals surface area contributed by atoms with Crippen molar-refractivity contribution in [2.24, 2.45) is 0 Å². The fraction of sp³-hybridized carbons (Fsp3) is 0.0411. The smallest absolute Gasteiger partial charge is 0.160 e. The lowest BCUT2D eigenvalue weighted by Crippen LogP contribution is -1.98. The number of hydrogen-bond acceptors (Lipinski definition) is 2. The fourth-order valence-electron chi connectivity index (χ4n) is 12.3. The molecule has 0 spiro atoms. The van der Waals surface area contributed by atoms with Gasteiger partial charge >= 0.3 is 0 Å². The van der Waals surface area contributed by atoms with E-state index in [0.717, 1.165) is 67.6 Å². The Morgan fingerprint density at radius 2 is 0.641 bits per heavy atom. The molecule has 4 heterocycles. The number of rotatable bonds is 8. The summed E-state index contributed by atoms with van der Waals surface area (Å²) in [5, 5.41) is 7.41. The van der Waals surface area contributed by atoms with Crippen molar-refractivity contribution in [3.05, 3.63) is 271 Å². The molecule has 0 aliphatic carbocycles. The molecule has 11 aromatic carbocycles. The Balaban J connectivity index is 0.797. The highest BCUT2D eigenvalue weighted by molar-refractivity contribution is 6.14. The van der Waals surface area contributed by atoms with Crippen LogP contribution in [-0.2, 0) is 0 Å². The van der Waals surface area contributed by atoms with Crippen molar-refractivity contribution in [1.82, 2.24) is 23.7 Å². The molecule has 368 valence electrons. The molecule has 5 heteroatoms. The zero-order chi connectivity index (χ0) is 52.0. The van der Waals surface area contributed by atoms with Crippen LogP contribution in [0.2, 0.25) is 0 Å². The van der Waals surface area contributed by atoms with E-state index in [-0.39, 0.29) is 0 Å². The van der Waals surface area contributed by atoms with Gasteiger partial charge in [0.1, 0.15) is 0 Å². The van der Waals surface area contributed by atoms with Gasteiger partial charge < -0.3 is 13.7 Å². The summed E-state index contributed by atoms with van der Waals surface area (Å²) in [4.78, 5) is 10.3. The number of aryl methyl sites for hydroxylation is 3. The van der Waals surface area contributed by atoms with Crippen molar-refractivity contribution in [3.63, 3.8) is 0 Å². The first-order chi connectivity index (χ1) is 38.4. The minimum absolute atomic E-state index is 0.734. The number of nitrogens with zero attached hydrogens (tertiary/aromatic N) is 5. The van der Waals surface area contributed by atoms with Gasteiger partial charge in [-0.3, -0.25) is 0 Å². The van der Waals surface area contributed by atoms with E-state index in [0.29, 0.717) is 0 Å². The van der Waals surface area contributed by atoms with Gasteiger partial charge in [-0.25, -0.2) is 9.97 Å². The molecular weight excluding hydrogens is 947 g/mol. The van der Waals surface area contributed by atoms with Gasteiger partial charge in [-0.05, 0) is 139 Å². The van der Waals surface area contributed by atoms with E-state index in [1.807, 2.05) is 0 Å². The molecule has 0 saturated heterocycles. The Morgan fingerprint density at radius 1 is 0.244 bits per heavy atom. The van der Waals surface area contributed by atoms with E-state index < -0.39 is 0 Å². The van der Waals surface area contributed by atoms with E-state index in [2.05, 4.69) is 289 Å². The van der Waals surface area contributed by atoms with Crippen LogP contribution >= 0.6 is 0 Å². The van der Waals surface area contributed by atoms with E-state index >= 15 is 0 Å². The van der Waals surface area contributed by atoms with E-state index in [1.54, 1.807) is 0 Å². The highest BCUT2D eigenvalue weighted by atomic mass is 15.0. The van der Waals surface area contributed by atoms with Crippen molar-refractivity contribution in [1.29, 1.82) is 0 Å². The summed E-state index contributed by atoms with van der Waals surface area (Å²) in [6.07, 6.45) is 0. The maximum Gasteiger partial charge on any atom is 0.160 e. The van der Waals surface area contributed by atoms with Crippen molar-refractivity contribution in [3.8, 4) is 73.2 Å². The number of hydrogen-bond donors (Lipinski definition) is 0.